The van der Waals surface area contributed by atoms with E-state index in [4.69, 9.17) is 22.3 Å². The van der Waals surface area contributed by atoms with Crippen molar-refractivity contribution in [3.05, 3.63) is 82.7 Å². The van der Waals surface area contributed by atoms with Crippen LogP contribution in [0.5, 0.6) is 0 Å². The van der Waals surface area contributed by atoms with E-state index in [1.165, 1.54) is 19.3 Å². The standard InChI is InChI=1S/C29H32ClN7/c1-20-34-35-28-29(13-14-29)33-27(21-7-10-24(30)11-8-21)25-17-22(9-12-26(25)37(20)28)23-18-32-36(19-23)16-6-4-2-3-5-15-31/h7-12,17-19H,2-6,13-16,31H2,1H3. The number of aliphatic imine (C=N–C) groups is 1. The van der Waals surface area contributed by atoms with Crippen LogP contribution < -0.4 is 5.73 Å². The Labute approximate surface area is 222 Å². The first kappa shape index (κ1) is 24.1. The molecule has 1 fully saturated rings. The fourth-order valence-corrected chi connectivity index (χ4v) is 5.37. The zero-order valence-electron chi connectivity index (χ0n) is 21.2. The van der Waals surface area contributed by atoms with Crippen LogP contribution in [-0.2, 0) is 12.1 Å². The summed E-state index contributed by atoms with van der Waals surface area (Å²) >= 11 is 6.23. The van der Waals surface area contributed by atoms with Crippen LogP contribution in [0.15, 0.2) is 59.9 Å². The molecule has 0 bridgehead atoms. The molecule has 7 nitrogen and oxygen atoms in total. The van der Waals surface area contributed by atoms with Crippen molar-refractivity contribution in [1.29, 1.82) is 0 Å². The highest BCUT2D eigenvalue weighted by molar-refractivity contribution is 6.30. The minimum Gasteiger partial charge on any atom is -0.330 e. The van der Waals surface area contributed by atoms with Gasteiger partial charge in [-0.15, -0.1) is 10.2 Å². The molecule has 2 aromatic heterocycles. The molecule has 0 unspecified atom stereocenters. The highest BCUT2D eigenvalue weighted by Gasteiger charge is 2.51. The summed E-state index contributed by atoms with van der Waals surface area (Å²) in [5.41, 5.74) is 11.7. The van der Waals surface area contributed by atoms with Crippen molar-refractivity contribution >= 4 is 17.3 Å². The van der Waals surface area contributed by atoms with Gasteiger partial charge in [-0.05, 0) is 69.0 Å². The summed E-state index contributed by atoms with van der Waals surface area (Å²) in [6.45, 7) is 3.72. The van der Waals surface area contributed by atoms with Crippen molar-refractivity contribution in [2.45, 2.75) is 64.0 Å². The third kappa shape index (κ3) is 4.62. The number of nitrogens with zero attached hydrogens (tertiary/aromatic N) is 6. The van der Waals surface area contributed by atoms with Gasteiger partial charge in [0.25, 0.3) is 0 Å². The highest BCUT2D eigenvalue weighted by Crippen LogP contribution is 2.51. The molecule has 2 aromatic carbocycles. The molecule has 8 heteroatoms. The molecule has 6 rings (SSSR count). The van der Waals surface area contributed by atoms with Crippen LogP contribution in [-0.4, -0.2) is 36.8 Å². The summed E-state index contributed by atoms with van der Waals surface area (Å²) in [7, 11) is 0. The predicted octanol–water partition coefficient (Wildman–Crippen LogP) is 5.84. The number of aryl methyl sites for hydroxylation is 2. The van der Waals surface area contributed by atoms with Crippen LogP contribution in [0.4, 0.5) is 0 Å². The van der Waals surface area contributed by atoms with Crippen molar-refractivity contribution in [2.24, 2.45) is 10.7 Å². The number of halogens is 1. The third-order valence-electron chi connectivity index (χ3n) is 7.46. The number of unbranched alkanes of at least 4 members (excludes halogenated alkanes) is 4. The number of hydrogen-bond acceptors (Lipinski definition) is 5. The molecule has 190 valence electrons. The van der Waals surface area contributed by atoms with Crippen LogP contribution in [0, 0.1) is 6.92 Å². The second-order valence-corrected chi connectivity index (χ2v) is 10.6. The third-order valence-corrected chi connectivity index (χ3v) is 7.71. The van der Waals surface area contributed by atoms with Gasteiger partial charge in [-0.3, -0.25) is 14.2 Å². The van der Waals surface area contributed by atoms with E-state index in [1.807, 2.05) is 25.3 Å². The molecule has 2 N–H and O–H groups in total. The van der Waals surface area contributed by atoms with E-state index >= 15 is 0 Å². The number of benzene rings is 2. The fraction of sp³-hybridized carbons (Fsp3) is 0.379. The summed E-state index contributed by atoms with van der Waals surface area (Å²) in [5.74, 6) is 1.81. The Morgan fingerprint density at radius 1 is 0.919 bits per heavy atom. The first-order chi connectivity index (χ1) is 18.1. The lowest BCUT2D eigenvalue weighted by molar-refractivity contribution is 0.530. The number of fused-ring (bicyclic) bond motifs is 4. The molecule has 4 aromatic rings. The Hall–Kier alpha value is -3.29. The number of nitrogens with two attached hydrogens (primary N) is 1. The minimum absolute atomic E-state index is 0.315. The van der Waals surface area contributed by atoms with Crippen molar-refractivity contribution in [2.75, 3.05) is 6.54 Å². The maximum Gasteiger partial charge on any atom is 0.165 e. The van der Waals surface area contributed by atoms with Gasteiger partial charge in [0.15, 0.2) is 5.82 Å². The lowest BCUT2D eigenvalue weighted by atomic mass is 9.96. The Morgan fingerprint density at radius 2 is 1.68 bits per heavy atom. The zero-order chi connectivity index (χ0) is 25.4. The van der Waals surface area contributed by atoms with Gasteiger partial charge in [0, 0.05) is 34.5 Å². The first-order valence-electron chi connectivity index (χ1n) is 13.2. The van der Waals surface area contributed by atoms with E-state index in [9.17, 15) is 0 Å². The average molecular weight is 514 g/mol. The van der Waals surface area contributed by atoms with E-state index in [0.717, 1.165) is 84.1 Å². The largest absolute Gasteiger partial charge is 0.330 e. The molecule has 0 radical (unpaired) electrons. The van der Waals surface area contributed by atoms with Gasteiger partial charge < -0.3 is 5.73 Å². The Bertz CT molecular complexity index is 1440. The summed E-state index contributed by atoms with van der Waals surface area (Å²) in [4.78, 5) is 5.35. The Kier molecular flexibility index (Phi) is 6.42. The fourth-order valence-electron chi connectivity index (χ4n) is 5.24. The zero-order valence-corrected chi connectivity index (χ0v) is 22.0. The first-order valence-corrected chi connectivity index (χ1v) is 13.6. The van der Waals surface area contributed by atoms with Crippen LogP contribution in [0.25, 0.3) is 16.8 Å². The maximum absolute atomic E-state index is 6.23. The SMILES string of the molecule is Cc1nnc2n1-c1ccc(-c3cnn(CCCCCCCN)c3)cc1C(c1ccc(Cl)cc1)=NC21CC1. The van der Waals surface area contributed by atoms with Gasteiger partial charge >= 0.3 is 0 Å². The highest BCUT2D eigenvalue weighted by atomic mass is 35.5. The Balaban J connectivity index is 1.36. The van der Waals surface area contributed by atoms with E-state index in [0.29, 0.717) is 5.02 Å². The van der Waals surface area contributed by atoms with Crippen molar-refractivity contribution in [1.82, 2.24) is 24.5 Å². The monoisotopic (exact) mass is 513 g/mol. The lowest BCUT2D eigenvalue weighted by Gasteiger charge is -2.14. The van der Waals surface area contributed by atoms with Gasteiger partial charge in [-0.25, -0.2) is 0 Å². The predicted molar refractivity (Wildman–Crippen MR) is 147 cm³/mol. The Morgan fingerprint density at radius 3 is 2.46 bits per heavy atom. The van der Waals surface area contributed by atoms with Gasteiger partial charge in [-0.2, -0.15) is 5.10 Å². The molecule has 1 aliphatic heterocycles. The van der Waals surface area contributed by atoms with Gasteiger partial charge in [0.05, 0.1) is 17.6 Å². The number of rotatable bonds is 9. The van der Waals surface area contributed by atoms with E-state index in [1.54, 1.807) is 0 Å². The maximum atomic E-state index is 6.23. The molecule has 1 aliphatic carbocycles. The molecule has 0 amide bonds. The van der Waals surface area contributed by atoms with E-state index < -0.39 is 0 Å². The van der Waals surface area contributed by atoms with Crippen LogP contribution in [0.3, 0.4) is 0 Å². The normalized spacial score (nSPS) is 15.3. The number of aromatic nitrogens is 5. The summed E-state index contributed by atoms with van der Waals surface area (Å²) in [6.07, 6.45) is 11.9. The second kappa shape index (κ2) is 9.88. The van der Waals surface area contributed by atoms with Crippen LogP contribution in [0.1, 0.15) is 67.7 Å². The summed E-state index contributed by atoms with van der Waals surface area (Å²) < 4.78 is 4.24. The van der Waals surface area contributed by atoms with Crippen molar-refractivity contribution < 1.29 is 0 Å². The topological polar surface area (TPSA) is 86.9 Å². The minimum atomic E-state index is -0.315. The van der Waals surface area contributed by atoms with Crippen molar-refractivity contribution in [3.63, 3.8) is 0 Å². The van der Waals surface area contributed by atoms with Gasteiger partial charge in [0.2, 0.25) is 0 Å². The van der Waals surface area contributed by atoms with Crippen LogP contribution >= 0.6 is 11.6 Å². The van der Waals surface area contributed by atoms with Gasteiger partial charge in [0.1, 0.15) is 11.4 Å². The second-order valence-electron chi connectivity index (χ2n) is 10.2. The molecular weight excluding hydrogens is 482 g/mol. The van der Waals surface area contributed by atoms with Gasteiger partial charge in [-0.1, -0.05) is 49.1 Å². The molecule has 37 heavy (non-hydrogen) atoms. The molecule has 0 atom stereocenters. The average Bonchev–Trinajstić information content (AvgIpc) is 3.38. The molecule has 0 saturated heterocycles. The number of hydrogen-bond donors (Lipinski definition) is 1. The molecule has 1 saturated carbocycles. The smallest absolute Gasteiger partial charge is 0.165 e. The molecular formula is C29H32ClN7. The van der Waals surface area contributed by atoms with Crippen LogP contribution in [0.2, 0.25) is 5.02 Å². The van der Waals surface area contributed by atoms with Crippen molar-refractivity contribution in [3.8, 4) is 16.8 Å². The molecule has 1 spiro atoms. The quantitative estimate of drug-likeness (QED) is 0.285. The lowest BCUT2D eigenvalue weighted by Crippen LogP contribution is -2.11. The molecule has 2 aliphatic rings. The van der Waals surface area contributed by atoms with E-state index in [2.05, 4.69) is 61.1 Å². The summed E-state index contributed by atoms with van der Waals surface area (Å²) in [6, 6.07) is 14.5. The van der Waals surface area contributed by atoms with E-state index in [-0.39, 0.29) is 5.54 Å². The summed E-state index contributed by atoms with van der Waals surface area (Å²) in [5, 5.41) is 14.4. The molecule has 3 heterocycles.